The molecule has 0 spiro atoms. The molecule has 4 nitrogen and oxygen atoms in total. The Kier molecular flexibility index (Phi) is 4.49. The van der Waals surface area contributed by atoms with Crippen molar-refractivity contribution in [3.8, 4) is 0 Å². The predicted molar refractivity (Wildman–Crippen MR) is 101 cm³/mol. The van der Waals surface area contributed by atoms with Crippen LogP contribution < -0.4 is 10.2 Å². The molecule has 3 aromatic rings. The molecule has 3 rings (SSSR count). The number of nitrogens with zero attached hydrogens (tertiary/aromatic N) is 2. The molecule has 24 heavy (non-hydrogen) atoms. The molecule has 5 heteroatoms. The van der Waals surface area contributed by atoms with Gasteiger partial charge in [0, 0.05) is 42.2 Å². The molecule has 0 unspecified atom stereocenters. The molecule has 0 saturated carbocycles. The van der Waals surface area contributed by atoms with Gasteiger partial charge in [-0.25, -0.2) is 0 Å². The van der Waals surface area contributed by atoms with Crippen molar-refractivity contribution in [2.24, 2.45) is 0 Å². The molecule has 124 valence electrons. The molecule has 2 aromatic carbocycles. The first-order valence-corrected chi connectivity index (χ1v) is 8.14. The van der Waals surface area contributed by atoms with Gasteiger partial charge in [0.25, 0.3) is 0 Å². The number of carbonyl (C=O) groups excluding carboxylic acids is 1. The van der Waals surface area contributed by atoms with E-state index in [1.165, 1.54) is 0 Å². The van der Waals surface area contributed by atoms with Crippen molar-refractivity contribution < 1.29 is 4.79 Å². The van der Waals surface area contributed by atoms with Gasteiger partial charge in [0.15, 0.2) is 0 Å². The van der Waals surface area contributed by atoms with Crippen molar-refractivity contribution in [1.82, 2.24) is 4.57 Å². The van der Waals surface area contributed by atoms with E-state index in [2.05, 4.69) is 10.2 Å². The molecule has 0 fully saturated rings. The summed E-state index contributed by atoms with van der Waals surface area (Å²) in [5, 5.41) is 4.69. The number of hydrogen-bond donors (Lipinski definition) is 1. The van der Waals surface area contributed by atoms with Crippen LogP contribution in [0.3, 0.4) is 0 Å². The van der Waals surface area contributed by atoms with Gasteiger partial charge < -0.3 is 14.8 Å². The van der Waals surface area contributed by atoms with Crippen molar-refractivity contribution >= 4 is 39.8 Å². The number of anilines is 2. The quantitative estimate of drug-likeness (QED) is 0.767. The van der Waals surface area contributed by atoms with Gasteiger partial charge in [-0.1, -0.05) is 17.7 Å². The molecule has 0 aliphatic rings. The standard InChI is InChI=1S/C19H20ClN3O/c1-13-10-16(6-7-17(13)22(2)3)21-19(24)12-23-9-8-14-4-5-15(20)11-18(14)23/h4-11H,12H2,1-3H3,(H,21,24). The van der Waals surface area contributed by atoms with E-state index in [-0.39, 0.29) is 12.5 Å². The number of rotatable bonds is 4. The molecular formula is C19H20ClN3O. The molecule has 1 amide bonds. The lowest BCUT2D eigenvalue weighted by atomic mass is 10.1. The minimum Gasteiger partial charge on any atom is -0.377 e. The van der Waals surface area contributed by atoms with E-state index in [0.717, 1.165) is 27.8 Å². The highest BCUT2D eigenvalue weighted by Crippen LogP contribution is 2.23. The van der Waals surface area contributed by atoms with Gasteiger partial charge in [0.1, 0.15) is 6.54 Å². The zero-order valence-corrected chi connectivity index (χ0v) is 14.8. The van der Waals surface area contributed by atoms with E-state index >= 15 is 0 Å². The Bertz CT molecular complexity index is 899. The third-order valence-corrected chi connectivity index (χ3v) is 4.25. The lowest BCUT2D eigenvalue weighted by molar-refractivity contribution is -0.116. The largest absolute Gasteiger partial charge is 0.377 e. The fraction of sp³-hybridized carbons (Fsp3) is 0.211. The Hall–Kier alpha value is -2.46. The van der Waals surface area contributed by atoms with E-state index in [1.54, 1.807) is 0 Å². The highest BCUT2D eigenvalue weighted by Gasteiger charge is 2.08. The zero-order chi connectivity index (χ0) is 17.3. The number of carbonyl (C=O) groups is 1. The topological polar surface area (TPSA) is 37.3 Å². The van der Waals surface area contributed by atoms with E-state index in [9.17, 15) is 4.79 Å². The van der Waals surface area contributed by atoms with Crippen molar-refractivity contribution in [2.45, 2.75) is 13.5 Å². The number of fused-ring (bicyclic) bond motifs is 1. The van der Waals surface area contributed by atoms with Crippen LogP contribution in [0.25, 0.3) is 10.9 Å². The van der Waals surface area contributed by atoms with E-state index in [4.69, 9.17) is 11.6 Å². The van der Waals surface area contributed by atoms with Gasteiger partial charge in [-0.05, 0) is 54.3 Å². The van der Waals surface area contributed by atoms with Crippen molar-refractivity contribution in [1.29, 1.82) is 0 Å². The Morgan fingerprint density at radius 1 is 1.17 bits per heavy atom. The average molecular weight is 342 g/mol. The average Bonchev–Trinajstić information content (AvgIpc) is 2.89. The summed E-state index contributed by atoms with van der Waals surface area (Å²) in [6.45, 7) is 2.28. The zero-order valence-electron chi connectivity index (χ0n) is 14.0. The van der Waals surface area contributed by atoms with Crippen LogP contribution in [0.2, 0.25) is 5.02 Å². The second kappa shape index (κ2) is 6.57. The minimum absolute atomic E-state index is 0.0653. The second-order valence-corrected chi connectivity index (χ2v) is 6.53. The van der Waals surface area contributed by atoms with Crippen LogP contribution in [0.4, 0.5) is 11.4 Å². The van der Waals surface area contributed by atoms with Crippen LogP contribution in [-0.2, 0) is 11.3 Å². The summed E-state index contributed by atoms with van der Waals surface area (Å²) < 4.78 is 1.90. The Morgan fingerprint density at radius 2 is 1.96 bits per heavy atom. The summed E-state index contributed by atoms with van der Waals surface area (Å²) in [6, 6.07) is 13.6. The van der Waals surface area contributed by atoms with Crippen molar-refractivity contribution in [3.63, 3.8) is 0 Å². The number of aromatic nitrogens is 1. The molecule has 0 aliphatic carbocycles. The van der Waals surface area contributed by atoms with E-state index in [1.807, 2.05) is 74.2 Å². The molecule has 0 radical (unpaired) electrons. The number of aryl methyl sites for hydroxylation is 1. The maximum Gasteiger partial charge on any atom is 0.244 e. The minimum atomic E-state index is -0.0653. The highest BCUT2D eigenvalue weighted by molar-refractivity contribution is 6.31. The number of amides is 1. The highest BCUT2D eigenvalue weighted by atomic mass is 35.5. The van der Waals surface area contributed by atoms with Gasteiger partial charge in [-0.15, -0.1) is 0 Å². The molecule has 0 atom stereocenters. The number of benzene rings is 2. The fourth-order valence-corrected chi connectivity index (χ4v) is 3.05. The summed E-state index contributed by atoms with van der Waals surface area (Å²) in [5.74, 6) is -0.0653. The van der Waals surface area contributed by atoms with Gasteiger partial charge in [0.05, 0.1) is 0 Å². The van der Waals surface area contributed by atoms with Crippen LogP contribution in [0.5, 0.6) is 0 Å². The molecular weight excluding hydrogens is 322 g/mol. The summed E-state index contributed by atoms with van der Waals surface area (Å²) in [6.07, 6.45) is 1.90. The van der Waals surface area contributed by atoms with Gasteiger partial charge in [-0.2, -0.15) is 0 Å². The maximum atomic E-state index is 12.4. The number of nitrogens with one attached hydrogen (secondary N) is 1. The smallest absolute Gasteiger partial charge is 0.244 e. The molecule has 1 N–H and O–H groups in total. The molecule has 1 aromatic heterocycles. The second-order valence-electron chi connectivity index (χ2n) is 6.09. The Morgan fingerprint density at radius 3 is 2.67 bits per heavy atom. The molecule has 0 aliphatic heterocycles. The van der Waals surface area contributed by atoms with E-state index in [0.29, 0.717) is 5.02 Å². The number of hydrogen-bond acceptors (Lipinski definition) is 2. The summed E-state index contributed by atoms with van der Waals surface area (Å²) in [4.78, 5) is 14.4. The third kappa shape index (κ3) is 3.39. The van der Waals surface area contributed by atoms with Crippen LogP contribution in [0.1, 0.15) is 5.56 Å². The van der Waals surface area contributed by atoms with Gasteiger partial charge >= 0.3 is 0 Å². The normalized spacial score (nSPS) is 10.8. The van der Waals surface area contributed by atoms with E-state index < -0.39 is 0 Å². The van der Waals surface area contributed by atoms with Crippen LogP contribution >= 0.6 is 11.6 Å². The van der Waals surface area contributed by atoms with Crippen LogP contribution in [0, 0.1) is 6.92 Å². The first-order valence-electron chi connectivity index (χ1n) is 7.76. The SMILES string of the molecule is Cc1cc(NC(=O)Cn2ccc3ccc(Cl)cc32)ccc1N(C)C. The summed E-state index contributed by atoms with van der Waals surface area (Å²) in [7, 11) is 4.01. The molecule has 0 saturated heterocycles. The van der Waals surface area contributed by atoms with Crippen LogP contribution in [0.15, 0.2) is 48.7 Å². The Balaban J connectivity index is 1.75. The van der Waals surface area contributed by atoms with Crippen molar-refractivity contribution in [2.75, 3.05) is 24.3 Å². The molecule has 0 bridgehead atoms. The lowest BCUT2D eigenvalue weighted by Gasteiger charge is -2.16. The Labute approximate surface area is 146 Å². The van der Waals surface area contributed by atoms with Gasteiger partial charge in [0.2, 0.25) is 5.91 Å². The van der Waals surface area contributed by atoms with Crippen LogP contribution in [-0.4, -0.2) is 24.6 Å². The van der Waals surface area contributed by atoms with Gasteiger partial charge in [-0.3, -0.25) is 4.79 Å². The summed E-state index contributed by atoms with van der Waals surface area (Å²) in [5.41, 5.74) is 4.02. The fourth-order valence-electron chi connectivity index (χ4n) is 2.89. The predicted octanol–water partition coefficient (Wildman–Crippen LogP) is 4.31. The molecule has 1 heterocycles. The number of halogens is 1. The first kappa shape index (κ1) is 16.4. The first-order chi connectivity index (χ1) is 11.4. The van der Waals surface area contributed by atoms with Crippen molar-refractivity contribution in [3.05, 3.63) is 59.2 Å². The third-order valence-electron chi connectivity index (χ3n) is 4.01. The maximum absolute atomic E-state index is 12.4. The lowest BCUT2D eigenvalue weighted by Crippen LogP contribution is -2.18. The summed E-state index contributed by atoms with van der Waals surface area (Å²) >= 11 is 6.05. The monoisotopic (exact) mass is 341 g/mol.